The Morgan fingerprint density at radius 1 is 0.974 bits per heavy atom. The number of alkyl halides is 6. The Morgan fingerprint density at radius 3 is 2.00 bits per heavy atom. The Morgan fingerprint density at radius 2 is 1.56 bits per heavy atom. The standard InChI is InChI=1S/C30H35F6NO2/c1-27(2,3)18-25(37-15-11-21(12-16-37)30(34,35)36)23-10-9-22(28(26(38)39)13-4-14-28)17-24(23)19-5-7-20(8-6-19)29(31,32)33/h5-10,17,21,25H,4,11-16,18H2,1-3H3,(H,38,39). The Kier molecular flexibility index (Phi) is 7.89. The van der Waals surface area contributed by atoms with Crippen LogP contribution in [0.25, 0.3) is 11.1 Å². The van der Waals surface area contributed by atoms with Gasteiger partial charge in [0, 0.05) is 6.04 Å². The lowest BCUT2D eigenvalue weighted by molar-refractivity contribution is -0.186. The molecule has 0 bridgehead atoms. The van der Waals surface area contributed by atoms with Gasteiger partial charge in [-0.15, -0.1) is 0 Å². The first kappa shape index (κ1) is 29.4. The summed E-state index contributed by atoms with van der Waals surface area (Å²) in [4.78, 5) is 14.3. The molecular formula is C30H35F6NO2. The quantitative estimate of drug-likeness (QED) is 0.363. The normalized spacial score (nSPS) is 19.9. The number of hydrogen-bond donors (Lipinski definition) is 1. The highest BCUT2D eigenvalue weighted by molar-refractivity contribution is 5.84. The largest absolute Gasteiger partial charge is 0.481 e. The van der Waals surface area contributed by atoms with Crippen molar-refractivity contribution >= 4 is 5.97 Å². The van der Waals surface area contributed by atoms with Gasteiger partial charge in [-0.05, 0) is 91.1 Å². The van der Waals surface area contributed by atoms with Gasteiger partial charge >= 0.3 is 18.3 Å². The molecule has 0 spiro atoms. The highest BCUT2D eigenvalue weighted by Crippen LogP contribution is 2.48. The lowest BCUT2D eigenvalue weighted by Crippen LogP contribution is -2.43. The summed E-state index contributed by atoms with van der Waals surface area (Å²) in [7, 11) is 0. The van der Waals surface area contributed by atoms with Gasteiger partial charge in [0.25, 0.3) is 0 Å². The fourth-order valence-electron chi connectivity index (χ4n) is 5.94. The molecular weight excluding hydrogens is 520 g/mol. The molecule has 0 radical (unpaired) electrons. The van der Waals surface area contributed by atoms with Crippen LogP contribution in [0.15, 0.2) is 42.5 Å². The molecule has 1 saturated carbocycles. The number of benzene rings is 2. The van der Waals surface area contributed by atoms with E-state index in [0.717, 1.165) is 24.1 Å². The molecule has 2 aromatic rings. The van der Waals surface area contributed by atoms with Crippen molar-refractivity contribution in [2.75, 3.05) is 13.1 Å². The fourth-order valence-corrected chi connectivity index (χ4v) is 5.94. The number of halogens is 6. The van der Waals surface area contributed by atoms with E-state index in [1.807, 2.05) is 31.7 Å². The van der Waals surface area contributed by atoms with Crippen molar-refractivity contribution in [1.82, 2.24) is 4.90 Å². The maximum atomic E-state index is 13.4. The first-order valence-electron chi connectivity index (χ1n) is 13.4. The number of piperidine rings is 1. The minimum atomic E-state index is -4.50. The van der Waals surface area contributed by atoms with Gasteiger partial charge in [-0.1, -0.05) is 51.5 Å². The summed E-state index contributed by atoms with van der Waals surface area (Å²) in [6.07, 6.45) is -6.44. The first-order valence-corrected chi connectivity index (χ1v) is 13.4. The minimum absolute atomic E-state index is 0.0139. The number of nitrogens with zero attached hydrogens (tertiary/aromatic N) is 1. The molecule has 2 aromatic carbocycles. The molecule has 1 heterocycles. The van der Waals surface area contributed by atoms with Crippen molar-refractivity contribution in [1.29, 1.82) is 0 Å². The summed E-state index contributed by atoms with van der Waals surface area (Å²) in [6.45, 7) is 6.63. The molecule has 0 amide bonds. The zero-order valence-electron chi connectivity index (χ0n) is 22.4. The van der Waals surface area contributed by atoms with Gasteiger partial charge in [0.1, 0.15) is 0 Å². The molecule has 9 heteroatoms. The number of carboxylic acid groups (broad SMARTS) is 1. The molecule has 4 rings (SSSR count). The maximum absolute atomic E-state index is 13.4. The Bertz CT molecular complexity index is 1170. The number of aliphatic carboxylic acids is 1. The van der Waals surface area contributed by atoms with Gasteiger partial charge < -0.3 is 5.11 Å². The third kappa shape index (κ3) is 6.28. The average Bonchev–Trinajstić information content (AvgIpc) is 2.80. The molecule has 214 valence electrons. The third-order valence-electron chi connectivity index (χ3n) is 8.34. The fraction of sp³-hybridized carbons (Fsp3) is 0.567. The molecule has 1 saturated heterocycles. The van der Waals surface area contributed by atoms with E-state index in [1.165, 1.54) is 12.1 Å². The van der Waals surface area contributed by atoms with E-state index in [1.54, 1.807) is 12.1 Å². The average molecular weight is 556 g/mol. The van der Waals surface area contributed by atoms with Crippen molar-refractivity contribution in [2.24, 2.45) is 11.3 Å². The van der Waals surface area contributed by atoms with Gasteiger partial charge in [-0.2, -0.15) is 26.3 Å². The van der Waals surface area contributed by atoms with Crippen molar-refractivity contribution < 1.29 is 36.2 Å². The van der Waals surface area contributed by atoms with Crippen LogP contribution in [0.5, 0.6) is 0 Å². The minimum Gasteiger partial charge on any atom is -0.481 e. The molecule has 1 aliphatic carbocycles. The van der Waals surface area contributed by atoms with Crippen LogP contribution < -0.4 is 0 Å². The molecule has 0 aromatic heterocycles. The van der Waals surface area contributed by atoms with Crippen LogP contribution in [0, 0.1) is 11.3 Å². The number of carboxylic acids is 1. The zero-order chi connectivity index (χ0) is 28.8. The van der Waals surface area contributed by atoms with E-state index in [2.05, 4.69) is 0 Å². The molecule has 1 N–H and O–H groups in total. The van der Waals surface area contributed by atoms with E-state index in [4.69, 9.17) is 0 Å². The summed E-state index contributed by atoms with van der Waals surface area (Å²) < 4.78 is 80.0. The highest BCUT2D eigenvalue weighted by atomic mass is 19.4. The SMILES string of the molecule is CC(C)(C)CC(c1ccc(C2(C(=O)O)CCC2)cc1-c1ccc(C(F)(F)F)cc1)N1CCC(C(F)(F)F)CC1. The van der Waals surface area contributed by atoms with Crippen molar-refractivity contribution in [2.45, 2.75) is 83.1 Å². The van der Waals surface area contributed by atoms with E-state index in [-0.39, 0.29) is 37.4 Å². The van der Waals surface area contributed by atoms with Crippen LogP contribution in [0.1, 0.15) is 82.0 Å². The number of hydrogen-bond acceptors (Lipinski definition) is 2. The predicted molar refractivity (Wildman–Crippen MR) is 137 cm³/mol. The van der Waals surface area contributed by atoms with Crippen LogP contribution >= 0.6 is 0 Å². The molecule has 2 fully saturated rings. The van der Waals surface area contributed by atoms with Crippen LogP contribution in [-0.4, -0.2) is 35.2 Å². The first-order chi connectivity index (χ1) is 18.0. The van der Waals surface area contributed by atoms with E-state index < -0.39 is 35.2 Å². The van der Waals surface area contributed by atoms with E-state index in [0.29, 0.717) is 36.0 Å². The molecule has 2 aliphatic rings. The molecule has 1 atom stereocenters. The van der Waals surface area contributed by atoms with E-state index >= 15 is 0 Å². The van der Waals surface area contributed by atoms with Gasteiger partial charge in [0.15, 0.2) is 0 Å². The Balaban J connectivity index is 1.81. The van der Waals surface area contributed by atoms with E-state index in [9.17, 15) is 36.2 Å². The number of likely N-dealkylation sites (tertiary alicyclic amines) is 1. The summed E-state index contributed by atoms with van der Waals surface area (Å²) in [5, 5.41) is 10.0. The molecule has 3 nitrogen and oxygen atoms in total. The van der Waals surface area contributed by atoms with Crippen molar-refractivity contribution in [3.8, 4) is 11.1 Å². The van der Waals surface area contributed by atoms with Crippen molar-refractivity contribution in [3.05, 3.63) is 59.2 Å². The van der Waals surface area contributed by atoms with Gasteiger partial charge in [-0.25, -0.2) is 0 Å². The lowest BCUT2D eigenvalue weighted by atomic mass is 9.64. The topological polar surface area (TPSA) is 40.5 Å². The molecule has 39 heavy (non-hydrogen) atoms. The second-order valence-corrected chi connectivity index (χ2v) is 12.3. The summed E-state index contributed by atoms with van der Waals surface area (Å²) in [6, 6.07) is 9.93. The second-order valence-electron chi connectivity index (χ2n) is 12.3. The summed E-state index contributed by atoms with van der Waals surface area (Å²) in [5.74, 6) is -2.28. The smallest absolute Gasteiger partial charge is 0.416 e. The second kappa shape index (κ2) is 10.5. The third-order valence-corrected chi connectivity index (χ3v) is 8.34. The number of rotatable bonds is 6. The highest BCUT2D eigenvalue weighted by Gasteiger charge is 2.47. The van der Waals surface area contributed by atoms with Crippen LogP contribution in [0.3, 0.4) is 0 Å². The summed E-state index contributed by atoms with van der Waals surface area (Å²) in [5.41, 5.74) is 0.515. The lowest BCUT2D eigenvalue weighted by Gasteiger charge is -2.42. The van der Waals surface area contributed by atoms with Crippen LogP contribution in [0.2, 0.25) is 0 Å². The van der Waals surface area contributed by atoms with Gasteiger partial charge in [0.2, 0.25) is 0 Å². The predicted octanol–water partition coefficient (Wildman–Crippen LogP) is 8.63. The van der Waals surface area contributed by atoms with Crippen molar-refractivity contribution in [3.63, 3.8) is 0 Å². The Labute approximate surface area is 225 Å². The maximum Gasteiger partial charge on any atom is 0.416 e. The summed E-state index contributed by atoms with van der Waals surface area (Å²) >= 11 is 0. The molecule has 1 aliphatic heterocycles. The van der Waals surface area contributed by atoms with Gasteiger partial charge in [0.05, 0.1) is 16.9 Å². The van der Waals surface area contributed by atoms with Crippen LogP contribution in [-0.2, 0) is 16.4 Å². The monoisotopic (exact) mass is 555 g/mol. The number of carbonyl (C=O) groups is 1. The Hall–Kier alpha value is -2.55. The van der Waals surface area contributed by atoms with Gasteiger partial charge in [-0.3, -0.25) is 9.69 Å². The van der Waals surface area contributed by atoms with Crippen LogP contribution in [0.4, 0.5) is 26.3 Å². The molecule has 1 unspecified atom stereocenters. The zero-order valence-corrected chi connectivity index (χ0v) is 22.4.